The van der Waals surface area contributed by atoms with E-state index in [1.807, 2.05) is 13.8 Å². The molecule has 0 radical (unpaired) electrons. The van der Waals surface area contributed by atoms with E-state index in [2.05, 4.69) is 0 Å². The Hall–Kier alpha value is -1.39. The van der Waals surface area contributed by atoms with Crippen LogP contribution in [0.25, 0.3) is 0 Å². The predicted octanol–water partition coefficient (Wildman–Crippen LogP) is 2.42. The van der Waals surface area contributed by atoms with Gasteiger partial charge in [-0.1, -0.05) is 0 Å². The molecule has 18 heavy (non-hydrogen) atoms. The largest absolute Gasteiger partial charge is 0.491 e. The Morgan fingerprint density at radius 3 is 2.56 bits per heavy atom. The fraction of sp³-hybridized carbons (Fsp3) is 0.500. The van der Waals surface area contributed by atoms with Crippen LogP contribution in [0.5, 0.6) is 5.75 Å². The number of rotatable bonds is 4. The van der Waals surface area contributed by atoms with Crippen molar-refractivity contribution >= 4 is 5.78 Å². The third-order valence-corrected chi connectivity index (χ3v) is 2.76. The summed E-state index contributed by atoms with van der Waals surface area (Å²) >= 11 is 0. The van der Waals surface area contributed by atoms with E-state index in [1.165, 1.54) is 0 Å². The maximum absolute atomic E-state index is 11.1. The van der Waals surface area contributed by atoms with Gasteiger partial charge in [0, 0.05) is 5.56 Å². The average molecular weight is 250 g/mol. The van der Waals surface area contributed by atoms with Crippen molar-refractivity contribution in [1.82, 2.24) is 0 Å². The third-order valence-electron chi connectivity index (χ3n) is 2.76. The van der Waals surface area contributed by atoms with Crippen molar-refractivity contribution < 1.29 is 19.0 Å². The highest BCUT2D eigenvalue weighted by molar-refractivity contribution is 5.94. The molecule has 0 amide bonds. The molecule has 1 heterocycles. The molecular formula is C14H18O4. The number of hydrogen-bond donors (Lipinski definition) is 0. The molecule has 1 aliphatic rings. The van der Waals surface area contributed by atoms with E-state index in [9.17, 15) is 4.79 Å². The third kappa shape index (κ3) is 3.31. The Kier molecular flexibility index (Phi) is 3.68. The number of benzene rings is 1. The standard InChI is InChI=1S/C14H18O4/c1-10(15)11-4-6-12(7-5-11)16-8-13-9-17-14(2,3)18-13/h4-7,13H,8-9H2,1-3H3/t13-/m0/s1. The van der Waals surface area contributed by atoms with Crippen molar-refractivity contribution in [3.8, 4) is 5.75 Å². The number of carbonyl (C=O) groups is 1. The number of ether oxygens (including phenoxy) is 3. The highest BCUT2D eigenvalue weighted by atomic mass is 16.7. The molecule has 2 rings (SSSR count). The second-order valence-corrected chi connectivity index (χ2v) is 4.84. The van der Waals surface area contributed by atoms with Crippen molar-refractivity contribution in [2.24, 2.45) is 0 Å². The minimum Gasteiger partial charge on any atom is -0.491 e. The molecule has 1 saturated heterocycles. The molecule has 98 valence electrons. The SMILES string of the molecule is CC(=O)c1ccc(OC[C@H]2COC(C)(C)O2)cc1. The minimum absolute atomic E-state index is 0.0486. The first-order valence-electron chi connectivity index (χ1n) is 6.02. The van der Waals surface area contributed by atoms with Crippen LogP contribution in [0.4, 0.5) is 0 Å². The average Bonchev–Trinajstić information content (AvgIpc) is 2.67. The van der Waals surface area contributed by atoms with Crippen molar-refractivity contribution in [3.63, 3.8) is 0 Å². The van der Waals surface area contributed by atoms with Crippen LogP contribution in [-0.4, -0.2) is 30.9 Å². The summed E-state index contributed by atoms with van der Waals surface area (Å²) in [4.78, 5) is 11.1. The fourth-order valence-corrected chi connectivity index (χ4v) is 1.82. The van der Waals surface area contributed by atoms with Crippen LogP contribution in [0.1, 0.15) is 31.1 Å². The Bertz CT molecular complexity index is 422. The second kappa shape index (κ2) is 5.08. The first kappa shape index (κ1) is 13.1. The molecule has 0 aliphatic carbocycles. The molecule has 0 unspecified atom stereocenters. The lowest BCUT2D eigenvalue weighted by Gasteiger charge is -2.17. The van der Waals surface area contributed by atoms with Crippen molar-refractivity contribution in [2.75, 3.05) is 13.2 Å². The zero-order valence-corrected chi connectivity index (χ0v) is 10.9. The molecule has 1 atom stereocenters. The lowest BCUT2D eigenvalue weighted by molar-refractivity contribution is -0.141. The van der Waals surface area contributed by atoms with Gasteiger partial charge in [0.2, 0.25) is 0 Å². The maximum atomic E-state index is 11.1. The molecule has 4 heteroatoms. The molecule has 0 bridgehead atoms. The lowest BCUT2D eigenvalue weighted by atomic mass is 10.1. The Morgan fingerprint density at radius 2 is 2.06 bits per heavy atom. The molecule has 1 aromatic rings. The maximum Gasteiger partial charge on any atom is 0.163 e. The smallest absolute Gasteiger partial charge is 0.163 e. The fourth-order valence-electron chi connectivity index (χ4n) is 1.82. The van der Waals surface area contributed by atoms with E-state index in [0.29, 0.717) is 18.8 Å². The number of Topliss-reactive ketones (excluding diaryl/α,β-unsaturated/α-hetero) is 1. The van der Waals surface area contributed by atoms with Gasteiger partial charge in [0.15, 0.2) is 11.6 Å². The number of hydrogen-bond acceptors (Lipinski definition) is 4. The summed E-state index contributed by atoms with van der Waals surface area (Å²) in [6, 6.07) is 7.09. The van der Waals surface area contributed by atoms with Crippen LogP contribution >= 0.6 is 0 Å². The quantitative estimate of drug-likeness (QED) is 0.770. The molecular weight excluding hydrogens is 232 g/mol. The Morgan fingerprint density at radius 1 is 1.39 bits per heavy atom. The van der Waals surface area contributed by atoms with Crippen molar-refractivity contribution in [2.45, 2.75) is 32.7 Å². The van der Waals surface area contributed by atoms with Crippen LogP contribution in [-0.2, 0) is 9.47 Å². The van der Waals surface area contributed by atoms with Crippen LogP contribution in [0.2, 0.25) is 0 Å². The summed E-state index contributed by atoms with van der Waals surface area (Å²) in [5.41, 5.74) is 0.684. The molecule has 0 spiro atoms. The van der Waals surface area contributed by atoms with E-state index in [0.717, 1.165) is 5.75 Å². The number of carbonyl (C=O) groups excluding carboxylic acids is 1. The van der Waals surface area contributed by atoms with Gasteiger partial charge in [-0.3, -0.25) is 4.79 Å². The summed E-state index contributed by atoms with van der Waals surface area (Å²) in [6.45, 7) is 6.30. The first-order chi connectivity index (χ1) is 8.46. The number of ketones is 1. The summed E-state index contributed by atoms with van der Waals surface area (Å²) in [6.07, 6.45) is -0.0486. The van der Waals surface area contributed by atoms with Gasteiger partial charge in [-0.2, -0.15) is 0 Å². The van der Waals surface area contributed by atoms with Crippen LogP contribution in [0, 0.1) is 0 Å². The monoisotopic (exact) mass is 250 g/mol. The minimum atomic E-state index is -0.521. The Labute approximate surface area is 107 Å². The summed E-state index contributed by atoms with van der Waals surface area (Å²) in [7, 11) is 0. The molecule has 1 aliphatic heterocycles. The topological polar surface area (TPSA) is 44.8 Å². The zero-order valence-electron chi connectivity index (χ0n) is 10.9. The van der Waals surface area contributed by atoms with E-state index in [1.54, 1.807) is 31.2 Å². The van der Waals surface area contributed by atoms with Gasteiger partial charge in [0.05, 0.1) is 6.61 Å². The van der Waals surface area contributed by atoms with Crippen LogP contribution < -0.4 is 4.74 Å². The van der Waals surface area contributed by atoms with Gasteiger partial charge >= 0.3 is 0 Å². The highest BCUT2D eigenvalue weighted by Crippen LogP contribution is 2.23. The van der Waals surface area contributed by atoms with Gasteiger partial charge in [0.25, 0.3) is 0 Å². The summed E-state index contributed by atoms with van der Waals surface area (Å²) < 4.78 is 16.7. The van der Waals surface area contributed by atoms with Gasteiger partial charge in [-0.05, 0) is 45.0 Å². The van der Waals surface area contributed by atoms with Gasteiger partial charge in [-0.15, -0.1) is 0 Å². The van der Waals surface area contributed by atoms with E-state index < -0.39 is 5.79 Å². The van der Waals surface area contributed by atoms with Gasteiger partial charge in [0.1, 0.15) is 18.5 Å². The molecule has 1 fully saturated rings. The highest BCUT2D eigenvalue weighted by Gasteiger charge is 2.32. The summed E-state index contributed by atoms with van der Waals surface area (Å²) in [5, 5.41) is 0. The van der Waals surface area contributed by atoms with E-state index in [-0.39, 0.29) is 11.9 Å². The second-order valence-electron chi connectivity index (χ2n) is 4.84. The van der Waals surface area contributed by atoms with Gasteiger partial charge < -0.3 is 14.2 Å². The first-order valence-corrected chi connectivity index (χ1v) is 6.02. The molecule has 4 nitrogen and oxygen atoms in total. The lowest BCUT2D eigenvalue weighted by Crippen LogP contribution is -2.25. The summed E-state index contributed by atoms with van der Waals surface area (Å²) in [5.74, 6) is 0.260. The van der Waals surface area contributed by atoms with Crippen molar-refractivity contribution in [1.29, 1.82) is 0 Å². The molecule has 0 saturated carbocycles. The van der Waals surface area contributed by atoms with E-state index >= 15 is 0 Å². The van der Waals surface area contributed by atoms with E-state index in [4.69, 9.17) is 14.2 Å². The van der Waals surface area contributed by atoms with Crippen molar-refractivity contribution in [3.05, 3.63) is 29.8 Å². The molecule has 1 aromatic carbocycles. The van der Waals surface area contributed by atoms with Gasteiger partial charge in [-0.25, -0.2) is 0 Å². The van der Waals surface area contributed by atoms with Crippen LogP contribution in [0.15, 0.2) is 24.3 Å². The van der Waals surface area contributed by atoms with Crippen LogP contribution in [0.3, 0.4) is 0 Å². The normalized spacial score (nSPS) is 21.8. The molecule has 0 N–H and O–H groups in total. The Balaban J connectivity index is 1.85. The molecule has 0 aromatic heterocycles. The zero-order chi connectivity index (χ0) is 13.2. The predicted molar refractivity (Wildman–Crippen MR) is 66.8 cm³/mol.